The second-order valence-electron chi connectivity index (χ2n) is 7.18. The summed E-state index contributed by atoms with van der Waals surface area (Å²) in [5.41, 5.74) is 0.749. The molecule has 0 saturated carbocycles. The summed E-state index contributed by atoms with van der Waals surface area (Å²) in [6.07, 6.45) is 2.02. The SMILES string of the molecule is CN1CCC(CNc2noc(-c3ccccc3)c2C(=O)O)(N(C)C)CC1. The highest BCUT2D eigenvalue weighted by atomic mass is 16.5. The molecule has 1 aromatic heterocycles. The van der Waals surface area contributed by atoms with Crippen molar-refractivity contribution in [2.45, 2.75) is 18.4 Å². The molecule has 0 atom stereocenters. The molecule has 0 aliphatic carbocycles. The lowest BCUT2D eigenvalue weighted by molar-refractivity contribution is 0.0696. The molecule has 140 valence electrons. The van der Waals surface area contributed by atoms with Gasteiger partial charge in [0.2, 0.25) is 0 Å². The Balaban J connectivity index is 1.84. The van der Waals surface area contributed by atoms with Crippen LogP contribution in [0.5, 0.6) is 0 Å². The summed E-state index contributed by atoms with van der Waals surface area (Å²) < 4.78 is 5.38. The molecule has 3 rings (SSSR count). The molecule has 2 heterocycles. The molecule has 0 amide bonds. The Morgan fingerprint density at radius 3 is 2.54 bits per heavy atom. The summed E-state index contributed by atoms with van der Waals surface area (Å²) in [6.45, 7) is 2.65. The van der Waals surface area contributed by atoms with Gasteiger partial charge in [0.15, 0.2) is 17.1 Å². The number of carboxylic acid groups (broad SMARTS) is 1. The van der Waals surface area contributed by atoms with Gasteiger partial charge in [-0.1, -0.05) is 35.5 Å². The van der Waals surface area contributed by atoms with Gasteiger partial charge in [0, 0.05) is 17.6 Å². The maximum absolute atomic E-state index is 11.8. The standard InChI is InChI=1S/C19H26N4O3/c1-22(2)19(9-11-23(3)12-10-19)13-20-17-15(18(24)25)16(26-21-17)14-7-5-4-6-8-14/h4-8H,9-13H2,1-3H3,(H,20,21)(H,24,25). The number of anilines is 1. The monoisotopic (exact) mass is 358 g/mol. The van der Waals surface area contributed by atoms with Crippen molar-refractivity contribution in [1.29, 1.82) is 0 Å². The summed E-state index contributed by atoms with van der Waals surface area (Å²) in [7, 11) is 6.27. The Labute approximate surface area is 153 Å². The maximum atomic E-state index is 11.8. The van der Waals surface area contributed by atoms with E-state index in [9.17, 15) is 9.90 Å². The van der Waals surface area contributed by atoms with Crippen molar-refractivity contribution in [3.63, 3.8) is 0 Å². The van der Waals surface area contributed by atoms with Gasteiger partial charge in [-0.05, 0) is 47.1 Å². The first-order valence-corrected chi connectivity index (χ1v) is 8.81. The fourth-order valence-electron chi connectivity index (χ4n) is 3.46. The number of aromatic nitrogens is 1. The van der Waals surface area contributed by atoms with Crippen LogP contribution in [-0.4, -0.2) is 72.3 Å². The molecule has 7 nitrogen and oxygen atoms in total. The Morgan fingerprint density at radius 1 is 1.31 bits per heavy atom. The van der Waals surface area contributed by atoms with Gasteiger partial charge in [-0.25, -0.2) is 4.79 Å². The van der Waals surface area contributed by atoms with E-state index in [2.05, 4.69) is 41.4 Å². The Hall–Kier alpha value is -2.38. The van der Waals surface area contributed by atoms with Gasteiger partial charge in [0.05, 0.1) is 0 Å². The van der Waals surface area contributed by atoms with Crippen molar-refractivity contribution < 1.29 is 14.4 Å². The molecule has 0 spiro atoms. The molecule has 1 saturated heterocycles. The fourth-order valence-corrected chi connectivity index (χ4v) is 3.46. The van der Waals surface area contributed by atoms with Crippen LogP contribution < -0.4 is 5.32 Å². The molecule has 1 aliphatic rings. The zero-order chi connectivity index (χ0) is 18.7. The van der Waals surface area contributed by atoms with E-state index in [1.54, 1.807) is 0 Å². The predicted molar refractivity (Wildman–Crippen MR) is 101 cm³/mol. The number of piperidine rings is 1. The molecule has 0 radical (unpaired) electrons. The summed E-state index contributed by atoms with van der Waals surface area (Å²) >= 11 is 0. The molecule has 2 aromatic rings. The zero-order valence-corrected chi connectivity index (χ0v) is 15.5. The van der Waals surface area contributed by atoms with Gasteiger partial charge < -0.3 is 24.7 Å². The highest BCUT2D eigenvalue weighted by molar-refractivity contribution is 5.99. The van der Waals surface area contributed by atoms with Crippen LogP contribution in [0, 0.1) is 0 Å². The number of hydrogen-bond acceptors (Lipinski definition) is 6. The van der Waals surface area contributed by atoms with Crippen molar-refractivity contribution in [3.05, 3.63) is 35.9 Å². The molecule has 1 aromatic carbocycles. The first-order valence-electron chi connectivity index (χ1n) is 8.81. The van der Waals surface area contributed by atoms with E-state index in [4.69, 9.17) is 4.52 Å². The first kappa shape index (κ1) is 18.4. The number of carbonyl (C=O) groups is 1. The molecule has 26 heavy (non-hydrogen) atoms. The average molecular weight is 358 g/mol. The second-order valence-corrected chi connectivity index (χ2v) is 7.18. The summed E-state index contributed by atoms with van der Waals surface area (Å²) in [5.74, 6) is -0.478. The minimum atomic E-state index is -1.05. The lowest BCUT2D eigenvalue weighted by Crippen LogP contribution is -2.55. The minimum Gasteiger partial charge on any atom is -0.477 e. The van der Waals surface area contributed by atoms with E-state index < -0.39 is 5.97 Å². The molecule has 1 aliphatic heterocycles. The molecule has 0 unspecified atom stereocenters. The highest BCUT2D eigenvalue weighted by Crippen LogP contribution is 2.31. The number of carboxylic acids is 1. The smallest absolute Gasteiger partial charge is 0.343 e. The highest BCUT2D eigenvalue weighted by Gasteiger charge is 2.36. The topological polar surface area (TPSA) is 81.8 Å². The number of hydrogen-bond donors (Lipinski definition) is 2. The fraction of sp³-hybridized carbons (Fsp3) is 0.474. The maximum Gasteiger partial charge on any atom is 0.343 e. The molecule has 1 fully saturated rings. The van der Waals surface area contributed by atoms with Gasteiger partial charge >= 0.3 is 5.97 Å². The van der Waals surface area contributed by atoms with E-state index in [0.29, 0.717) is 12.1 Å². The van der Waals surface area contributed by atoms with Crippen LogP contribution in [0.2, 0.25) is 0 Å². The number of nitrogens with zero attached hydrogens (tertiary/aromatic N) is 3. The molecular formula is C19H26N4O3. The number of likely N-dealkylation sites (tertiary alicyclic amines) is 1. The second kappa shape index (κ2) is 7.47. The number of likely N-dealkylation sites (N-methyl/N-ethyl adjacent to an activating group) is 1. The number of benzene rings is 1. The van der Waals surface area contributed by atoms with E-state index in [1.807, 2.05) is 30.3 Å². The Bertz CT molecular complexity index is 749. The summed E-state index contributed by atoms with van der Waals surface area (Å²) in [4.78, 5) is 16.4. The average Bonchev–Trinajstić information content (AvgIpc) is 3.06. The van der Waals surface area contributed by atoms with E-state index >= 15 is 0 Å². The summed E-state index contributed by atoms with van der Waals surface area (Å²) in [6, 6.07) is 9.19. The van der Waals surface area contributed by atoms with Gasteiger partial charge in [0.25, 0.3) is 0 Å². The van der Waals surface area contributed by atoms with Crippen molar-refractivity contribution in [3.8, 4) is 11.3 Å². The lowest BCUT2D eigenvalue weighted by Gasteiger charge is -2.45. The molecule has 0 bridgehead atoms. The van der Waals surface area contributed by atoms with Gasteiger partial charge in [-0.3, -0.25) is 0 Å². The van der Waals surface area contributed by atoms with Crippen molar-refractivity contribution in [2.75, 3.05) is 46.1 Å². The Morgan fingerprint density at radius 2 is 1.96 bits per heavy atom. The third-order valence-corrected chi connectivity index (χ3v) is 5.39. The van der Waals surface area contributed by atoms with Crippen molar-refractivity contribution in [1.82, 2.24) is 15.0 Å². The minimum absolute atomic E-state index is 0.0336. The predicted octanol–water partition coefficient (Wildman–Crippen LogP) is 2.48. The van der Waals surface area contributed by atoms with Crippen LogP contribution in [0.4, 0.5) is 5.82 Å². The van der Waals surface area contributed by atoms with Crippen molar-refractivity contribution >= 4 is 11.8 Å². The normalized spacial score (nSPS) is 17.4. The van der Waals surface area contributed by atoms with Crippen LogP contribution in [-0.2, 0) is 0 Å². The van der Waals surface area contributed by atoms with E-state index in [-0.39, 0.29) is 22.7 Å². The quantitative estimate of drug-likeness (QED) is 0.821. The molecular weight excluding hydrogens is 332 g/mol. The van der Waals surface area contributed by atoms with Crippen LogP contribution in [0.1, 0.15) is 23.2 Å². The van der Waals surface area contributed by atoms with Crippen LogP contribution in [0.3, 0.4) is 0 Å². The van der Waals surface area contributed by atoms with Gasteiger partial charge in [0.1, 0.15) is 0 Å². The van der Waals surface area contributed by atoms with E-state index in [0.717, 1.165) is 25.9 Å². The number of rotatable bonds is 6. The summed E-state index contributed by atoms with van der Waals surface area (Å²) in [5, 5.41) is 16.9. The Kier molecular flexibility index (Phi) is 5.29. The van der Waals surface area contributed by atoms with Crippen molar-refractivity contribution in [2.24, 2.45) is 0 Å². The van der Waals surface area contributed by atoms with Crippen LogP contribution in [0.25, 0.3) is 11.3 Å². The van der Waals surface area contributed by atoms with Crippen LogP contribution in [0.15, 0.2) is 34.9 Å². The number of aromatic carboxylic acids is 1. The third-order valence-electron chi connectivity index (χ3n) is 5.39. The third kappa shape index (κ3) is 3.59. The van der Waals surface area contributed by atoms with E-state index in [1.165, 1.54) is 0 Å². The molecule has 2 N–H and O–H groups in total. The van der Waals surface area contributed by atoms with Crippen LogP contribution >= 0.6 is 0 Å². The lowest BCUT2D eigenvalue weighted by atomic mass is 9.86. The van der Waals surface area contributed by atoms with Gasteiger partial charge in [-0.15, -0.1) is 0 Å². The number of nitrogens with one attached hydrogen (secondary N) is 1. The van der Waals surface area contributed by atoms with Gasteiger partial charge in [-0.2, -0.15) is 0 Å². The first-order chi connectivity index (χ1) is 12.4. The zero-order valence-electron chi connectivity index (χ0n) is 15.5. The molecule has 7 heteroatoms. The largest absolute Gasteiger partial charge is 0.477 e.